The van der Waals surface area contributed by atoms with E-state index < -0.39 is 29.6 Å². The van der Waals surface area contributed by atoms with Crippen LogP contribution in [0.3, 0.4) is 0 Å². The molecule has 0 aromatic heterocycles. The van der Waals surface area contributed by atoms with E-state index in [2.05, 4.69) is 17.2 Å². The molecule has 1 aliphatic heterocycles. The summed E-state index contributed by atoms with van der Waals surface area (Å²) in [6.07, 6.45) is 2.96. The Bertz CT molecular complexity index is 682. The van der Waals surface area contributed by atoms with Crippen LogP contribution in [-0.4, -0.2) is 29.3 Å². The van der Waals surface area contributed by atoms with Gasteiger partial charge in [-0.05, 0) is 31.2 Å². The first-order chi connectivity index (χ1) is 11.0. The van der Waals surface area contributed by atoms with Gasteiger partial charge < -0.3 is 5.32 Å². The van der Waals surface area contributed by atoms with Crippen molar-refractivity contribution >= 4 is 23.5 Å². The number of nitrogens with zero attached hydrogens (tertiary/aromatic N) is 1. The van der Waals surface area contributed by atoms with E-state index in [1.165, 1.54) is 30.3 Å². The second-order valence-corrected chi connectivity index (χ2v) is 4.84. The van der Waals surface area contributed by atoms with Crippen LogP contribution in [0.25, 0.3) is 0 Å². The third-order valence-corrected chi connectivity index (χ3v) is 3.32. The normalized spacial score (nSPS) is 18.7. The minimum atomic E-state index is -1.18. The summed E-state index contributed by atoms with van der Waals surface area (Å²) in [4.78, 5) is 37.1. The predicted octanol–water partition coefficient (Wildman–Crippen LogP) is 2.02. The number of allylic oxidation sites excluding steroid dienone is 1. The molecule has 4 amide bonds. The summed E-state index contributed by atoms with van der Waals surface area (Å²) in [5.74, 6) is -2.92. The lowest BCUT2D eigenvalue weighted by atomic mass is 9.99. The van der Waals surface area contributed by atoms with Crippen molar-refractivity contribution in [3.8, 4) is 0 Å². The average Bonchev–Trinajstić information content (AvgIpc) is 2.52. The van der Waals surface area contributed by atoms with Gasteiger partial charge >= 0.3 is 6.03 Å². The monoisotopic (exact) mass is 317 g/mol. The maximum absolute atomic E-state index is 12.9. The molecule has 1 aromatic carbocycles. The molecule has 1 aliphatic rings. The molecule has 1 aromatic rings. The summed E-state index contributed by atoms with van der Waals surface area (Å²) in [7, 11) is 0. The van der Waals surface area contributed by atoms with Crippen molar-refractivity contribution in [2.75, 3.05) is 11.9 Å². The number of halogens is 1. The summed E-state index contributed by atoms with van der Waals surface area (Å²) in [5.41, 5.74) is 0.827. The van der Waals surface area contributed by atoms with Crippen molar-refractivity contribution < 1.29 is 18.8 Å². The number of anilines is 1. The molecule has 1 saturated heterocycles. The summed E-state index contributed by atoms with van der Waals surface area (Å²) in [5, 5.41) is 5.06. The Morgan fingerprint density at radius 2 is 2.00 bits per heavy atom. The number of carbonyl (C=O) groups is 3. The number of benzene rings is 1. The van der Waals surface area contributed by atoms with Gasteiger partial charge in [0, 0.05) is 17.9 Å². The van der Waals surface area contributed by atoms with Crippen LogP contribution < -0.4 is 10.6 Å². The number of urea groups is 1. The van der Waals surface area contributed by atoms with Gasteiger partial charge in [-0.2, -0.15) is 0 Å². The van der Waals surface area contributed by atoms with Crippen molar-refractivity contribution in [3.05, 3.63) is 54.5 Å². The molecule has 1 fully saturated rings. The predicted molar refractivity (Wildman–Crippen MR) is 82.7 cm³/mol. The van der Waals surface area contributed by atoms with Gasteiger partial charge in [0.15, 0.2) is 5.92 Å². The van der Waals surface area contributed by atoms with E-state index in [0.717, 1.165) is 4.90 Å². The Labute approximate surface area is 132 Å². The number of amides is 4. The fourth-order valence-corrected chi connectivity index (χ4v) is 2.20. The summed E-state index contributed by atoms with van der Waals surface area (Å²) < 4.78 is 12.9. The Morgan fingerprint density at radius 3 is 2.57 bits per heavy atom. The number of barbiturate groups is 1. The van der Waals surface area contributed by atoms with E-state index in [1.54, 1.807) is 13.0 Å². The zero-order chi connectivity index (χ0) is 17.0. The maximum atomic E-state index is 12.9. The third kappa shape index (κ3) is 3.45. The lowest BCUT2D eigenvalue weighted by Crippen LogP contribution is -2.58. The van der Waals surface area contributed by atoms with E-state index >= 15 is 0 Å². The van der Waals surface area contributed by atoms with Crippen molar-refractivity contribution in [2.45, 2.75) is 6.92 Å². The largest absolute Gasteiger partial charge is 0.358 e. The van der Waals surface area contributed by atoms with E-state index in [9.17, 15) is 18.8 Å². The van der Waals surface area contributed by atoms with Gasteiger partial charge in [0.2, 0.25) is 11.8 Å². The lowest BCUT2D eigenvalue weighted by molar-refractivity contribution is -0.140. The Balaban J connectivity index is 2.26. The van der Waals surface area contributed by atoms with Gasteiger partial charge in [-0.1, -0.05) is 12.2 Å². The van der Waals surface area contributed by atoms with Crippen LogP contribution in [-0.2, 0) is 9.59 Å². The minimum Gasteiger partial charge on any atom is -0.358 e. The number of hydrogen-bond acceptors (Lipinski definition) is 4. The molecular formula is C16H16FN3O3. The fourth-order valence-electron chi connectivity index (χ4n) is 2.20. The molecule has 23 heavy (non-hydrogen) atoms. The summed E-state index contributed by atoms with van der Waals surface area (Å²) >= 11 is 0. The second-order valence-electron chi connectivity index (χ2n) is 4.84. The van der Waals surface area contributed by atoms with Crippen LogP contribution in [0.2, 0.25) is 0 Å². The number of carbonyl (C=O) groups excluding carboxylic acids is 3. The number of rotatable bonds is 5. The first kappa shape index (κ1) is 16.4. The molecule has 2 rings (SSSR count). The van der Waals surface area contributed by atoms with Crippen LogP contribution in [0.4, 0.5) is 14.9 Å². The van der Waals surface area contributed by atoms with E-state index in [-0.39, 0.29) is 6.54 Å². The van der Waals surface area contributed by atoms with E-state index in [0.29, 0.717) is 11.4 Å². The van der Waals surface area contributed by atoms with Crippen molar-refractivity contribution in [1.82, 2.24) is 10.2 Å². The second kappa shape index (κ2) is 6.87. The summed E-state index contributed by atoms with van der Waals surface area (Å²) in [6, 6.07) is 4.71. The van der Waals surface area contributed by atoms with Gasteiger partial charge in [-0.25, -0.2) is 9.18 Å². The molecule has 1 heterocycles. The Kier molecular flexibility index (Phi) is 4.90. The molecular weight excluding hydrogens is 301 g/mol. The Hall–Kier alpha value is -2.96. The summed E-state index contributed by atoms with van der Waals surface area (Å²) in [6.45, 7) is 5.14. The smallest absolute Gasteiger partial charge is 0.331 e. The molecule has 0 saturated carbocycles. The molecule has 0 aliphatic carbocycles. The highest BCUT2D eigenvalue weighted by Crippen LogP contribution is 2.22. The number of hydrogen-bond donors (Lipinski definition) is 2. The number of imide groups is 2. The first-order valence-corrected chi connectivity index (χ1v) is 6.93. The van der Waals surface area contributed by atoms with Gasteiger partial charge in [0.1, 0.15) is 5.82 Å². The average molecular weight is 317 g/mol. The first-order valence-electron chi connectivity index (χ1n) is 6.93. The molecule has 1 atom stereocenters. The zero-order valence-corrected chi connectivity index (χ0v) is 12.5. The molecule has 0 bridgehead atoms. The highest BCUT2D eigenvalue weighted by atomic mass is 19.1. The van der Waals surface area contributed by atoms with E-state index in [1.807, 2.05) is 0 Å². The van der Waals surface area contributed by atoms with Gasteiger partial charge in [0.25, 0.3) is 0 Å². The minimum absolute atomic E-state index is 0.00197. The quantitative estimate of drug-likeness (QED) is 0.643. The maximum Gasteiger partial charge on any atom is 0.331 e. The third-order valence-electron chi connectivity index (χ3n) is 3.32. The van der Waals surface area contributed by atoms with Crippen LogP contribution in [0, 0.1) is 11.7 Å². The van der Waals surface area contributed by atoms with Gasteiger partial charge in [-0.3, -0.25) is 19.8 Å². The fraction of sp³-hybridized carbons (Fsp3) is 0.188. The molecule has 0 radical (unpaired) electrons. The molecule has 120 valence electrons. The molecule has 0 unspecified atom stereocenters. The Morgan fingerprint density at radius 1 is 1.35 bits per heavy atom. The van der Waals surface area contributed by atoms with Crippen LogP contribution in [0.1, 0.15) is 6.92 Å². The van der Waals surface area contributed by atoms with Gasteiger partial charge in [0.05, 0.1) is 0 Å². The molecule has 0 spiro atoms. The lowest BCUT2D eigenvalue weighted by Gasteiger charge is -2.30. The van der Waals surface area contributed by atoms with Crippen LogP contribution in [0.5, 0.6) is 0 Å². The standard InChI is InChI=1S/C16H16FN3O3/c1-3-9-20-15(22)13(14(21)19-16(20)23)12(4-2)18-11-7-5-10(17)6-8-11/h3-8,13,18H,1,9H2,2H3,(H,19,21,23)/b12-4+/t13-/m0/s1. The highest BCUT2D eigenvalue weighted by Gasteiger charge is 2.41. The van der Waals surface area contributed by atoms with E-state index in [4.69, 9.17) is 0 Å². The van der Waals surface area contributed by atoms with Crippen molar-refractivity contribution in [1.29, 1.82) is 0 Å². The SMILES string of the molecule is C=CCN1C(=O)NC(=O)[C@H](/C(=C\C)Nc2ccc(F)cc2)C1=O. The van der Waals surface area contributed by atoms with Crippen LogP contribution in [0.15, 0.2) is 48.7 Å². The topological polar surface area (TPSA) is 78.5 Å². The molecule has 6 nitrogen and oxygen atoms in total. The molecule has 7 heteroatoms. The van der Waals surface area contributed by atoms with Crippen molar-refractivity contribution in [2.24, 2.45) is 5.92 Å². The van der Waals surface area contributed by atoms with Gasteiger partial charge in [-0.15, -0.1) is 6.58 Å². The van der Waals surface area contributed by atoms with Crippen molar-refractivity contribution in [3.63, 3.8) is 0 Å². The van der Waals surface area contributed by atoms with Crippen LogP contribution >= 0.6 is 0 Å². The highest BCUT2D eigenvalue weighted by molar-refractivity contribution is 6.18. The number of nitrogens with one attached hydrogen (secondary N) is 2. The zero-order valence-electron chi connectivity index (χ0n) is 12.5. The molecule has 2 N–H and O–H groups in total.